The van der Waals surface area contributed by atoms with Crippen LogP contribution in [0.25, 0.3) is 0 Å². The Morgan fingerprint density at radius 2 is 1.79 bits per heavy atom. The Morgan fingerprint density at radius 1 is 1.07 bits per heavy atom. The van der Waals surface area contributed by atoms with Crippen LogP contribution in [0.15, 0.2) is 16.6 Å². The van der Waals surface area contributed by atoms with Gasteiger partial charge in [-0.05, 0) is 40.0 Å². The van der Waals surface area contributed by atoms with E-state index in [0.29, 0.717) is 6.42 Å². The minimum Gasteiger partial charge on any atom is -0.493 e. The number of nitriles is 1. The summed E-state index contributed by atoms with van der Waals surface area (Å²) in [4.78, 5) is 4.83. The van der Waals surface area contributed by atoms with Gasteiger partial charge < -0.3 is 9.47 Å². The molecule has 0 amide bonds. The predicted molar refractivity (Wildman–Crippen MR) is 117 cm³/mol. The van der Waals surface area contributed by atoms with Gasteiger partial charge in [-0.15, -0.1) is 0 Å². The second-order valence-electron chi connectivity index (χ2n) is 7.40. The monoisotopic (exact) mass is 451 g/mol. The van der Waals surface area contributed by atoms with Crippen LogP contribution in [-0.4, -0.2) is 56.2 Å². The molecule has 0 atom stereocenters. The van der Waals surface area contributed by atoms with Gasteiger partial charge in [0, 0.05) is 45.7 Å². The lowest BCUT2D eigenvalue weighted by atomic mass is 10.1. The molecule has 1 aliphatic heterocycles. The summed E-state index contributed by atoms with van der Waals surface area (Å²) < 4.78 is 12.6. The summed E-state index contributed by atoms with van der Waals surface area (Å²) in [6, 6.07) is 6.48. The van der Waals surface area contributed by atoms with Gasteiger partial charge in [0.25, 0.3) is 0 Å². The minimum atomic E-state index is 0.615. The summed E-state index contributed by atoms with van der Waals surface area (Å²) in [5, 5.41) is 8.73. The number of halogens is 1. The molecule has 5 nitrogen and oxygen atoms in total. The van der Waals surface area contributed by atoms with Crippen molar-refractivity contribution in [3.63, 3.8) is 0 Å². The number of ether oxygens (including phenoxy) is 2. The third-order valence-corrected chi connectivity index (χ3v) is 5.78. The van der Waals surface area contributed by atoms with Gasteiger partial charge in [0.2, 0.25) is 0 Å². The van der Waals surface area contributed by atoms with E-state index < -0.39 is 0 Å². The molecule has 1 heterocycles. The fourth-order valence-electron chi connectivity index (χ4n) is 3.52. The van der Waals surface area contributed by atoms with Crippen molar-refractivity contribution in [1.82, 2.24) is 9.80 Å². The summed E-state index contributed by atoms with van der Waals surface area (Å²) in [6.45, 7) is 8.85. The van der Waals surface area contributed by atoms with Gasteiger partial charge >= 0.3 is 0 Å². The summed E-state index contributed by atoms with van der Waals surface area (Å²) in [5.74, 6) is 1.61. The van der Waals surface area contributed by atoms with Crippen LogP contribution in [0.5, 0.6) is 11.5 Å². The lowest BCUT2D eigenvalue weighted by Crippen LogP contribution is -2.46. The molecule has 1 fully saturated rings. The first-order valence-corrected chi connectivity index (χ1v) is 11.3. The van der Waals surface area contributed by atoms with Crippen LogP contribution >= 0.6 is 15.9 Å². The molecule has 1 aromatic rings. The van der Waals surface area contributed by atoms with Crippen LogP contribution in [0.2, 0.25) is 0 Å². The maximum Gasteiger partial charge on any atom is 0.175 e. The molecule has 156 valence electrons. The average molecular weight is 452 g/mol. The Bertz CT molecular complexity index is 625. The first-order chi connectivity index (χ1) is 13.7. The number of piperazine rings is 1. The lowest BCUT2D eigenvalue weighted by Gasteiger charge is -2.34. The molecule has 0 aromatic heterocycles. The Labute approximate surface area is 178 Å². The fourth-order valence-corrected chi connectivity index (χ4v) is 4.13. The molecule has 1 saturated heterocycles. The topological polar surface area (TPSA) is 48.7 Å². The molecule has 0 aliphatic carbocycles. The molecule has 0 spiro atoms. The first kappa shape index (κ1) is 23.0. The van der Waals surface area contributed by atoms with E-state index >= 15 is 0 Å². The first-order valence-electron chi connectivity index (χ1n) is 10.5. The average Bonchev–Trinajstić information content (AvgIpc) is 2.71. The van der Waals surface area contributed by atoms with Crippen LogP contribution in [-0.2, 0) is 6.54 Å². The molecule has 1 aromatic carbocycles. The van der Waals surface area contributed by atoms with E-state index in [4.69, 9.17) is 14.7 Å². The highest BCUT2D eigenvalue weighted by atomic mass is 79.9. The van der Waals surface area contributed by atoms with Gasteiger partial charge in [0.05, 0.1) is 24.3 Å². The van der Waals surface area contributed by atoms with Gasteiger partial charge in [-0.2, -0.15) is 5.26 Å². The molecule has 0 saturated carbocycles. The lowest BCUT2D eigenvalue weighted by molar-refractivity contribution is 0.129. The van der Waals surface area contributed by atoms with Gasteiger partial charge in [-0.25, -0.2) is 0 Å². The Morgan fingerprint density at radius 3 is 2.46 bits per heavy atom. The largest absolute Gasteiger partial charge is 0.493 e. The molecule has 0 radical (unpaired) electrons. The highest BCUT2D eigenvalue weighted by Gasteiger charge is 2.18. The van der Waals surface area contributed by atoms with Gasteiger partial charge in [0.15, 0.2) is 11.5 Å². The van der Waals surface area contributed by atoms with E-state index in [0.717, 1.165) is 68.3 Å². The summed E-state index contributed by atoms with van der Waals surface area (Å²) >= 11 is 3.67. The van der Waals surface area contributed by atoms with Gasteiger partial charge in [-0.3, -0.25) is 9.80 Å². The molecule has 6 heteroatoms. The van der Waals surface area contributed by atoms with E-state index in [1.165, 1.54) is 31.2 Å². The molecule has 0 bridgehead atoms. The van der Waals surface area contributed by atoms with Crippen LogP contribution in [0.3, 0.4) is 0 Å². The minimum absolute atomic E-state index is 0.615. The van der Waals surface area contributed by atoms with Crippen LogP contribution in [0.1, 0.15) is 51.0 Å². The standard InChI is InChI=1S/C22H34BrN3O2/c1-3-4-5-6-7-15-28-22-20(23)16-19(17-21(22)27-2)18-26-13-11-25(12-14-26)10-8-9-24/h16-17H,3-8,10-15,18H2,1-2H3. The summed E-state index contributed by atoms with van der Waals surface area (Å²) in [7, 11) is 1.70. The van der Waals surface area contributed by atoms with Crippen molar-refractivity contribution >= 4 is 15.9 Å². The van der Waals surface area contributed by atoms with Gasteiger partial charge in [0.1, 0.15) is 0 Å². The van der Waals surface area contributed by atoms with Crippen molar-refractivity contribution in [2.45, 2.75) is 52.0 Å². The molecule has 2 rings (SSSR count). The highest BCUT2D eigenvalue weighted by Crippen LogP contribution is 2.37. The molecule has 28 heavy (non-hydrogen) atoms. The van der Waals surface area contributed by atoms with E-state index in [-0.39, 0.29) is 0 Å². The zero-order valence-electron chi connectivity index (χ0n) is 17.4. The van der Waals surface area contributed by atoms with Crippen LogP contribution in [0, 0.1) is 11.3 Å². The number of rotatable bonds is 12. The van der Waals surface area contributed by atoms with Crippen molar-refractivity contribution in [2.75, 3.05) is 46.4 Å². The van der Waals surface area contributed by atoms with Crippen LogP contribution in [0.4, 0.5) is 0 Å². The zero-order valence-corrected chi connectivity index (χ0v) is 19.0. The Hall–Kier alpha value is -1.29. The van der Waals surface area contributed by atoms with E-state index in [1.54, 1.807) is 7.11 Å². The number of unbranched alkanes of at least 4 members (excludes halogenated alkanes) is 4. The molecule has 1 aliphatic rings. The second kappa shape index (κ2) is 13.0. The van der Waals surface area contributed by atoms with Crippen molar-refractivity contribution in [2.24, 2.45) is 0 Å². The van der Waals surface area contributed by atoms with Crippen molar-refractivity contribution < 1.29 is 9.47 Å². The number of hydrogen-bond donors (Lipinski definition) is 0. The molecule has 0 unspecified atom stereocenters. The Balaban J connectivity index is 1.86. The maximum absolute atomic E-state index is 8.73. The third kappa shape index (κ3) is 7.62. The van der Waals surface area contributed by atoms with Crippen molar-refractivity contribution in [3.05, 3.63) is 22.2 Å². The number of benzene rings is 1. The van der Waals surface area contributed by atoms with Gasteiger partial charge in [-0.1, -0.05) is 32.6 Å². The number of hydrogen-bond acceptors (Lipinski definition) is 5. The summed E-state index contributed by atoms with van der Waals surface area (Å²) in [5.41, 5.74) is 1.23. The third-order valence-electron chi connectivity index (χ3n) is 5.19. The number of methoxy groups -OCH3 is 1. The number of nitrogens with zero attached hydrogens (tertiary/aromatic N) is 3. The highest BCUT2D eigenvalue weighted by molar-refractivity contribution is 9.10. The van der Waals surface area contributed by atoms with E-state index in [9.17, 15) is 0 Å². The smallest absolute Gasteiger partial charge is 0.175 e. The molecule has 0 N–H and O–H groups in total. The van der Waals surface area contributed by atoms with Crippen molar-refractivity contribution in [1.29, 1.82) is 5.26 Å². The SMILES string of the molecule is CCCCCCCOc1c(Br)cc(CN2CCN(CCC#N)CC2)cc1OC. The predicted octanol–water partition coefficient (Wildman–Crippen LogP) is 4.84. The second-order valence-corrected chi connectivity index (χ2v) is 8.25. The van der Waals surface area contributed by atoms with E-state index in [2.05, 4.69) is 50.9 Å². The molecular formula is C22H34BrN3O2. The quantitative estimate of drug-likeness (QED) is 0.425. The van der Waals surface area contributed by atoms with Crippen molar-refractivity contribution in [3.8, 4) is 17.6 Å². The Kier molecular flexibility index (Phi) is 10.7. The maximum atomic E-state index is 8.73. The normalized spacial score (nSPS) is 15.4. The molecular weight excluding hydrogens is 418 g/mol. The summed E-state index contributed by atoms with van der Waals surface area (Å²) in [6.07, 6.45) is 6.75. The van der Waals surface area contributed by atoms with Crippen LogP contribution < -0.4 is 9.47 Å². The fraction of sp³-hybridized carbons (Fsp3) is 0.682. The van der Waals surface area contributed by atoms with E-state index in [1.807, 2.05) is 0 Å². The zero-order chi connectivity index (χ0) is 20.2.